The number of methoxy groups -OCH3 is 1. The maximum absolute atomic E-state index is 6.13. The molecule has 0 aromatic carbocycles. The normalized spacial score (nSPS) is 14.0. The number of hydrogen-bond donors (Lipinski definition) is 0. The summed E-state index contributed by atoms with van der Waals surface area (Å²) >= 11 is 0. The van der Waals surface area contributed by atoms with Gasteiger partial charge < -0.3 is 9.47 Å². The van der Waals surface area contributed by atoms with E-state index in [1.54, 1.807) is 7.11 Å². The molecule has 18 heavy (non-hydrogen) atoms. The van der Waals surface area contributed by atoms with Gasteiger partial charge in [0.25, 0.3) is 0 Å². The average Bonchev–Trinajstić information content (AvgIpc) is 2.23. The van der Waals surface area contributed by atoms with Gasteiger partial charge in [0.2, 0.25) is 0 Å². The van der Waals surface area contributed by atoms with Gasteiger partial charge >= 0.3 is 0 Å². The van der Waals surface area contributed by atoms with Crippen molar-refractivity contribution in [2.24, 2.45) is 5.41 Å². The molecule has 110 valence electrons. The number of ether oxygens (including phenoxy) is 2. The first-order chi connectivity index (χ1) is 8.04. The summed E-state index contributed by atoms with van der Waals surface area (Å²) in [6.07, 6.45) is 4.59. The van der Waals surface area contributed by atoms with E-state index in [9.17, 15) is 0 Å². The Morgan fingerprint density at radius 2 is 1.44 bits per heavy atom. The van der Waals surface area contributed by atoms with Gasteiger partial charge in [0, 0.05) is 7.11 Å². The van der Waals surface area contributed by atoms with Crippen molar-refractivity contribution in [2.75, 3.05) is 13.7 Å². The third-order valence-corrected chi connectivity index (χ3v) is 3.44. The van der Waals surface area contributed by atoms with E-state index in [0.29, 0.717) is 0 Å². The molecule has 0 bridgehead atoms. The lowest BCUT2D eigenvalue weighted by Crippen LogP contribution is -2.36. The molecule has 0 aliphatic heterocycles. The van der Waals surface area contributed by atoms with E-state index in [0.717, 1.165) is 19.4 Å². The molecule has 0 atom stereocenters. The van der Waals surface area contributed by atoms with Crippen LogP contribution in [0.1, 0.15) is 74.1 Å². The Labute approximate surface area is 114 Å². The van der Waals surface area contributed by atoms with Gasteiger partial charge in [-0.25, -0.2) is 0 Å². The van der Waals surface area contributed by atoms with Crippen LogP contribution in [-0.2, 0) is 9.47 Å². The van der Waals surface area contributed by atoms with Crippen LogP contribution in [0.15, 0.2) is 0 Å². The van der Waals surface area contributed by atoms with E-state index in [1.807, 2.05) is 0 Å². The first-order valence-electron chi connectivity index (χ1n) is 7.23. The SMILES string of the molecule is CCCCC(C)(C)OCC(C)(C)CC(C)(C)OC. The molecule has 0 radical (unpaired) electrons. The summed E-state index contributed by atoms with van der Waals surface area (Å²) in [5, 5.41) is 0. The smallest absolute Gasteiger partial charge is 0.0628 e. The molecular weight excluding hydrogens is 224 g/mol. The summed E-state index contributed by atoms with van der Waals surface area (Å²) in [5.74, 6) is 0. The number of unbranched alkanes of at least 4 members (excludes halogenated alkanes) is 1. The fourth-order valence-corrected chi connectivity index (χ4v) is 2.34. The lowest BCUT2D eigenvalue weighted by molar-refractivity contribution is -0.0860. The van der Waals surface area contributed by atoms with Crippen LogP contribution in [0.2, 0.25) is 0 Å². The van der Waals surface area contributed by atoms with Crippen molar-refractivity contribution in [1.82, 2.24) is 0 Å². The average molecular weight is 258 g/mol. The highest BCUT2D eigenvalue weighted by Gasteiger charge is 2.31. The van der Waals surface area contributed by atoms with Gasteiger partial charge in [0.05, 0.1) is 17.8 Å². The Balaban J connectivity index is 4.25. The molecule has 0 saturated carbocycles. The summed E-state index contributed by atoms with van der Waals surface area (Å²) in [7, 11) is 1.78. The molecule has 0 aromatic rings. The van der Waals surface area contributed by atoms with Crippen LogP contribution in [0.5, 0.6) is 0 Å². The van der Waals surface area contributed by atoms with E-state index in [1.165, 1.54) is 12.8 Å². The van der Waals surface area contributed by atoms with Gasteiger partial charge in [-0.2, -0.15) is 0 Å². The van der Waals surface area contributed by atoms with Gasteiger partial charge in [-0.1, -0.05) is 33.6 Å². The van der Waals surface area contributed by atoms with Gasteiger partial charge in [-0.15, -0.1) is 0 Å². The maximum Gasteiger partial charge on any atom is 0.0628 e. The van der Waals surface area contributed by atoms with Crippen molar-refractivity contribution < 1.29 is 9.47 Å². The van der Waals surface area contributed by atoms with Crippen molar-refractivity contribution in [1.29, 1.82) is 0 Å². The molecule has 0 fully saturated rings. The Morgan fingerprint density at radius 1 is 0.889 bits per heavy atom. The van der Waals surface area contributed by atoms with E-state index < -0.39 is 0 Å². The highest BCUT2D eigenvalue weighted by molar-refractivity contribution is 4.81. The fraction of sp³-hybridized carbons (Fsp3) is 1.00. The molecule has 0 aliphatic rings. The third kappa shape index (κ3) is 8.10. The Bertz CT molecular complexity index is 229. The van der Waals surface area contributed by atoms with Crippen molar-refractivity contribution in [2.45, 2.75) is 85.4 Å². The summed E-state index contributed by atoms with van der Waals surface area (Å²) in [5.41, 5.74) is 0.0495. The van der Waals surface area contributed by atoms with Crippen LogP contribution in [0.3, 0.4) is 0 Å². The molecular formula is C16H34O2. The van der Waals surface area contributed by atoms with Crippen molar-refractivity contribution in [3.05, 3.63) is 0 Å². The van der Waals surface area contributed by atoms with Gasteiger partial charge in [0.1, 0.15) is 0 Å². The van der Waals surface area contributed by atoms with Crippen LogP contribution in [0.4, 0.5) is 0 Å². The first kappa shape index (κ1) is 17.9. The molecule has 0 N–H and O–H groups in total. The number of hydrogen-bond acceptors (Lipinski definition) is 2. The molecule has 0 aromatic heterocycles. The van der Waals surface area contributed by atoms with Gasteiger partial charge in [-0.05, 0) is 46.0 Å². The lowest BCUT2D eigenvalue weighted by atomic mass is 9.82. The summed E-state index contributed by atoms with van der Waals surface area (Å²) < 4.78 is 11.6. The minimum Gasteiger partial charge on any atom is -0.379 e. The summed E-state index contributed by atoms with van der Waals surface area (Å²) in [6, 6.07) is 0. The van der Waals surface area contributed by atoms with Crippen molar-refractivity contribution >= 4 is 0 Å². The van der Waals surface area contributed by atoms with E-state index in [2.05, 4.69) is 48.5 Å². The quantitative estimate of drug-likeness (QED) is 0.590. The zero-order chi connectivity index (χ0) is 14.4. The van der Waals surface area contributed by atoms with Crippen LogP contribution >= 0.6 is 0 Å². The lowest BCUT2D eigenvalue weighted by Gasteiger charge is -2.36. The van der Waals surface area contributed by atoms with Crippen molar-refractivity contribution in [3.8, 4) is 0 Å². The van der Waals surface area contributed by atoms with E-state index in [-0.39, 0.29) is 16.6 Å². The monoisotopic (exact) mass is 258 g/mol. The predicted octanol–water partition coefficient (Wildman–Crippen LogP) is 4.81. The highest BCUT2D eigenvalue weighted by Crippen LogP contribution is 2.32. The minimum atomic E-state index is -0.0829. The molecule has 2 nitrogen and oxygen atoms in total. The number of rotatable bonds is 9. The van der Waals surface area contributed by atoms with Crippen LogP contribution < -0.4 is 0 Å². The Hall–Kier alpha value is -0.0800. The zero-order valence-corrected chi connectivity index (χ0v) is 13.9. The summed E-state index contributed by atoms with van der Waals surface area (Å²) in [4.78, 5) is 0. The molecule has 2 heteroatoms. The second-order valence-electron chi connectivity index (χ2n) is 7.46. The highest BCUT2D eigenvalue weighted by atomic mass is 16.5. The van der Waals surface area contributed by atoms with Crippen LogP contribution in [-0.4, -0.2) is 24.9 Å². The molecule has 0 unspecified atom stereocenters. The molecule has 0 saturated heterocycles. The van der Waals surface area contributed by atoms with Crippen LogP contribution in [0.25, 0.3) is 0 Å². The Morgan fingerprint density at radius 3 is 1.89 bits per heavy atom. The molecule has 0 amide bonds. The standard InChI is InChI=1S/C16H34O2/c1-9-10-11-15(4,5)18-13-14(2,3)12-16(6,7)17-8/h9-13H2,1-8H3. The van der Waals surface area contributed by atoms with Gasteiger partial charge in [-0.3, -0.25) is 0 Å². The molecule has 0 spiro atoms. The van der Waals surface area contributed by atoms with Crippen LogP contribution in [0, 0.1) is 5.41 Å². The maximum atomic E-state index is 6.13. The largest absolute Gasteiger partial charge is 0.379 e. The predicted molar refractivity (Wildman–Crippen MR) is 79.0 cm³/mol. The fourth-order valence-electron chi connectivity index (χ4n) is 2.34. The second-order valence-corrected chi connectivity index (χ2v) is 7.46. The van der Waals surface area contributed by atoms with Gasteiger partial charge in [0.15, 0.2) is 0 Å². The molecule has 0 aliphatic carbocycles. The topological polar surface area (TPSA) is 18.5 Å². The molecule has 0 heterocycles. The minimum absolute atomic E-state index is 0.00943. The Kier molecular flexibility index (Phi) is 6.87. The second kappa shape index (κ2) is 6.91. The summed E-state index contributed by atoms with van der Waals surface area (Å²) in [6.45, 7) is 16.2. The van der Waals surface area contributed by atoms with Crippen molar-refractivity contribution in [3.63, 3.8) is 0 Å². The van der Waals surface area contributed by atoms with E-state index >= 15 is 0 Å². The first-order valence-corrected chi connectivity index (χ1v) is 7.23. The van der Waals surface area contributed by atoms with E-state index in [4.69, 9.17) is 9.47 Å². The third-order valence-electron chi connectivity index (χ3n) is 3.44. The zero-order valence-electron chi connectivity index (χ0n) is 13.9. The molecule has 0 rings (SSSR count).